The minimum absolute atomic E-state index is 0.153. The first-order valence-electron chi connectivity index (χ1n) is 9.26. The molecule has 1 aromatic carbocycles. The zero-order valence-electron chi connectivity index (χ0n) is 16.1. The van der Waals surface area contributed by atoms with Crippen LogP contribution in [0.2, 0.25) is 0 Å². The molecule has 0 radical (unpaired) electrons. The van der Waals surface area contributed by atoms with Gasteiger partial charge in [-0.3, -0.25) is 4.79 Å². The molecule has 1 unspecified atom stereocenters. The van der Waals surface area contributed by atoms with E-state index in [0.29, 0.717) is 23.7 Å². The van der Waals surface area contributed by atoms with Crippen molar-refractivity contribution in [2.45, 2.75) is 45.4 Å². The molecule has 6 nitrogen and oxygen atoms in total. The summed E-state index contributed by atoms with van der Waals surface area (Å²) in [5.74, 6) is 0.997. The van der Waals surface area contributed by atoms with E-state index in [2.05, 4.69) is 10.5 Å². The van der Waals surface area contributed by atoms with Crippen molar-refractivity contribution >= 4 is 22.3 Å². The average molecular weight is 398 g/mol. The first kappa shape index (κ1) is 18.7. The molecule has 0 spiro atoms. The molecule has 4 rings (SSSR count). The quantitative estimate of drug-likeness (QED) is 0.591. The maximum absolute atomic E-state index is 11.9. The molecule has 0 aliphatic carbocycles. The number of hydrogen-bond donors (Lipinski definition) is 1. The summed E-state index contributed by atoms with van der Waals surface area (Å²) in [4.78, 5) is 23.2. The summed E-state index contributed by atoms with van der Waals surface area (Å²) in [6.45, 7) is 6.09. The van der Waals surface area contributed by atoms with Gasteiger partial charge >= 0.3 is 0 Å². The van der Waals surface area contributed by atoms with Crippen LogP contribution < -0.4 is 10.2 Å². The predicted octanol–water partition coefficient (Wildman–Crippen LogP) is 5.31. The standard InChI is InChI=1S/C21H23N3O3S/c1-21(2,3)26-15-8-6-14(7-9-15)18-13-22-20(28-18)23-27-19-11-10-17(25)16-5-4-12-24(16)19/h4-9,12-13,19H,10-11H2,1-3H3,(H,22,23). The molecule has 146 valence electrons. The molecule has 1 aliphatic rings. The van der Waals surface area contributed by atoms with Gasteiger partial charge in [-0.1, -0.05) is 11.3 Å². The van der Waals surface area contributed by atoms with Crippen LogP contribution in [0.15, 0.2) is 48.8 Å². The molecule has 1 N–H and O–H groups in total. The highest BCUT2D eigenvalue weighted by molar-refractivity contribution is 7.18. The van der Waals surface area contributed by atoms with E-state index >= 15 is 0 Å². The molecule has 3 heterocycles. The lowest BCUT2D eigenvalue weighted by atomic mass is 10.1. The summed E-state index contributed by atoms with van der Waals surface area (Å²) in [7, 11) is 0. The molecule has 0 amide bonds. The Bertz CT molecular complexity index is 969. The third kappa shape index (κ3) is 4.10. The normalized spacial score (nSPS) is 16.7. The van der Waals surface area contributed by atoms with Crippen LogP contribution in [-0.2, 0) is 4.84 Å². The lowest BCUT2D eigenvalue weighted by molar-refractivity contribution is 0.0234. The highest BCUT2D eigenvalue weighted by Crippen LogP contribution is 2.32. The van der Waals surface area contributed by atoms with E-state index < -0.39 is 0 Å². The van der Waals surface area contributed by atoms with E-state index in [1.54, 1.807) is 0 Å². The number of Topliss-reactive ketones (excluding diaryl/α,β-unsaturated/α-hetero) is 1. The minimum atomic E-state index is -0.219. The van der Waals surface area contributed by atoms with Crippen molar-refractivity contribution in [2.24, 2.45) is 0 Å². The molecule has 0 fully saturated rings. The van der Waals surface area contributed by atoms with Crippen molar-refractivity contribution in [2.75, 3.05) is 5.48 Å². The van der Waals surface area contributed by atoms with Crippen LogP contribution in [0, 0.1) is 0 Å². The Morgan fingerprint density at radius 2 is 2.00 bits per heavy atom. The van der Waals surface area contributed by atoms with Crippen LogP contribution in [0.5, 0.6) is 5.75 Å². The summed E-state index contributed by atoms with van der Waals surface area (Å²) < 4.78 is 7.72. The van der Waals surface area contributed by atoms with Crippen LogP contribution in [0.3, 0.4) is 0 Å². The lowest BCUT2D eigenvalue weighted by Gasteiger charge is -2.24. The number of thiazole rings is 1. The fraction of sp³-hybridized carbons (Fsp3) is 0.333. The first-order chi connectivity index (χ1) is 13.4. The molecular weight excluding hydrogens is 374 g/mol. The third-order valence-electron chi connectivity index (χ3n) is 4.34. The number of carbonyl (C=O) groups excluding carboxylic acids is 1. The first-order valence-corrected chi connectivity index (χ1v) is 10.1. The highest BCUT2D eigenvalue weighted by atomic mass is 32.1. The van der Waals surface area contributed by atoms with Gasteiger partial charge in [0, 0.05) is 25.2 Å². The Morgan fingerprint density at radius 1 is 1.21 bits per heavy atom. The van der Waals surface area contributed by atoms with E-state index in [1.165, 1.54) is 11.3 Å². The van der Waals surface area contributed by atoms with Gasteiger partial charge in [-0.25, -0.2) is 15.3 Å². The van der Waals surface area contributed by atoms with E-state index in [1.807, 2.05) is 74.1 Å². The molecule has 3 aromatic rings. The number of anilines is 1. The number of nitrogens with zero attached hydrogens (tertiary/aromatic N) is 2. The Hall–Kier alpha value is -2.64. The van der Waals surface area contributed by atoms with Gasteiger partial charge in [0.1, 0.15) is 11.4 Å². The number of carbonyl (C=O) groups is 1. The van der Waals surface area contributed by atoms with E-state index in [9.17, 15) is 4.79 Å². The molecule has 0 bridgehead atoms. The van der Waals surface area contributed by atoms with Gasteiger partial charge in [0.15, 0.2) is 12.0 Å². The van der Waals surface area contributed by atoms with Gasteiger partial charge in [0.2, 0.25) is 5.13 Å². The second kappa shape index (κ2) is 7.41. The van der Waals surface area contributed by atoms with Gasteiger partial charge in [-0.2, -0.15) is 0 Å². The van der Waals surface area contributed by atoms with Gasteiger partial charge in [0.25, 0.3) is 0 Å². The monoisotopic (exact) mass is 397 g/mol. The maximum Gasteiger partial charge on any atom is 0.207 e. The average Bonchev–Trinajstić information content (AvgIpc) is 3.31. The molecular formula is C21H23N3O3S. The Kier molecular flexibility index (Phi) is 4.95. The molecule has 7 heteroatoms. The Balaban J connectivity index is 1.40. The molecule has 1 aliphatic heterocycles. The van der Waals surface area contributed by atoms with Crippen molar-refractivity contribution < 1.29 is 14.4 Å². The molecule has 1 atom stereocenters. The summed E-state index contributed by atoms with van der Waals surface area (Å²) >= 11 is 1.51. The lowest BCUT2D eigenvalue weighted by Crippen LogP contribution is -2.25. The van der Waals surface area contributed by atoms with Crippen LogP contribution >= 0.6 is 11.3 Å². The number of ether oxygens (including phenoxy) is 1. The van der Waals surface area contributed by atoms with Crippen LogP contribution in [0.25, 0.3) is 10.4 Å². The van der Waals surface area contributed by atoms with Crippen molar-refractivity contribution in [3.63, 3.8) is 0 Å². The number of nitrogens with one attached hydrogen (secondary N) is 1. The number of hydrogen-bond acceptors (Lipinski definition) is 6. The fourth-order valence-electron chi connectivity index (χ4n) is 3.13. The van der Waals surface area contributed by atoms with Crippen molar-refractivity contribution in [1.29, 1.82) is 0 Å². The Labute approximate surface area is 168 Å². The predicted molar refractivity (Wildman–Crippen MR) is 110 cm³/mol. The third-order valence-corrected chi connectivity index (χ3v) is 5.29. The van der Waals surface area contributed by atoms with E-state index in [-0.39, 0.29) is 17.6 Å². The summed E-state index contributed by atoms with van der Waals surface area (Å²) in [6.07, 6.45) is 4.60. The number of rotatable bonds is 5. The summed E-state index contributed by atoms with van der Waals surface area (Å²) in [5, 5.41) is 0.677. The number of ketones is 1. The van der Waals surface area contributed by atoms with Crippen LogP contribution in [0.1, 0.15) is 50.3 Å². The number of aromatic nitrogens is 2. The van der Waals surface area contributed by atoms with Crippen molar-refractivity contribution in [3.8, 4) is 16.2 Å². The maximum atomic E-state index is 11.9. The minimum Gasteiger partial charge on any atom is -0.488 e. The van der Waals surface area contributed by atoms with E-state index in [0.717, 1.165) is 16.2 Å². The molecule has 0 saturated heterocycles. The fourth-order valence-corrected chi connectivity index (χ4v) is 3.90. The van der Waals surface area contributed by atoms with E-state index in [4.69, 9.17) is 9.57 Å². The molecule has 2 aromatic heterocycles. The van der Waals surface area contributed by atoms with Gasteiger partial charge in [0.05, 0.1) is 10.6 Å². The summed E-state index contributed by atoms with van der Waals surface area (Å²) in [5.41, 5.74) is 4.49. The number of fused-ring (bicyclic) bond motifs is 1. The topological polar surface area (TPSA) is 65.4 Å². The SMILES string of the molecule is CC(C)(C)Oc1ccc(-c2cnc(NOC3CCC(=O)c4cccn43)s2)cc1. The van der Waals surface area contributed by atoms with Crippen molar-refractivity contribution in [3.05, 3.63) is 54.5 Å². The van der Waals surface area contributed by atoms with Crippen LogP contribution in [0.4, 0.5) is 5.13 Å². The second-order valence-corrected chi connectivity index (χ2v) is 8.74. The van der Waals surface area contributed by atoms with Crippen LogP contribution in [-0.4, -0.2) is 20.9 Å². The zero-order chi connectivity index (χ0) is 19.7. The van der Waals surface area contributed by atoms with Gasteiger partial charge < -0.3 is 9.30 Å². The van der Waals surface area contributed by atoms with Gasteiger partial charge in [-0.05, 0) is 62.7 Å². The smallest absolute Gasteiger partial charge is 0.207 e. The Morgan fingerprint density at radius 3 is 2.75 bits per heavy atom. The second-order valence-electron chi connectivity index (χ2n) is 7.71. The highest BCUT2D eigenvalue weighted by Gasteiger charge is 2.25. The number of benzene rings is 1. The molecule has 0 saturated carbocycles. The largest absolute Gasteiger partial charge is 0.488 e. The van der Waals surface area contributed by atoms with Gasteiger partial charge in [-0.15, -0.1) is 0 Å². The molecule has 28 heavy (non-hydrogen) atoms. The summed E-state index contributed by atoms with van der Waals surface area (Å²) in [6, 6.07) is 11.7. The van der Waals surface area contributed by atoms with Crippen molar-refractivity contribution in [1.82, 2.24) is 9.55 Å². The zero-order valence-corrected chi connectivity index (χ0v) is 17.0.